The lowest BCUT2D eigenvalue weighted by Gasteiger charge is -2.14. The van der Waals surface area contributed by atoms with Gasteiger partial charge in [0.25, 0.3) is 0 Å². The molecular formula is C15H19N3OS. The number of nitrogens with one attached hydrogen (secondary N) is 3. The van der Waals surface area contributed by atoms with Gasteiger partial charge in [0.15, 0.2) is 0 Å². The van der Waals surface area contributed by atoms with Gasteiger partial charge in [-0.05, 0) is 50.2 Å². The highest BCUT2D eigenvalue weighted by molar-refractivity contribution is 7.12. The van der Waals surface area contributed by atoms with E-state index in [1.165, 1.54) is 9.75 Å². The molecule has 0 aliphatic carbocycles. The van der Waals surface area contributed by atoms with E-state index in [0.717, 1.165) is 11.4 Å². The Balaban J connectivity index is 1.98. The molecular weight excluding hydrogens is 270 g/mol. The topological polar surface area (TPSA) is 53.2 Å². The molecule has 4 nitrogen and oxygen atoms in total. The number of urea groups is 1. The molecule has 2 amide bonds. The van der Waals surface area contributed by atoms with Gasteiger partial charge < -0.3 is 16.0 Å². The average molecular weight is 289 g/mol. The van der Waals surface area contributed by atoms with Crippen LogP contribution in [0.4, 0.5) is 16.2 Å². The summed E-state index contributed by atoms with van der Waals surface area (Å²) in [6.07, 6.45) is 0. The highest BCUT2D eigenvalue weighted by Crippen LogP contribution is 2.26. The van der Waals surface area contributed by atoms with Crippen LogP contribution >= 0.6 is 11.3 Å². The maximum atomic E-state index is 11.2. The molecule has 5 heteroatoms. The fraction of sp³-hybridized carbons (Fsp3) is 0.267. The number of hydrogen-bond acceptors (Lipinski definition) is 3. The zero-order valence-electron chi connectivity index (χ0n) is 11.9. The van der Waals surface area contributed by atoms with Crippen molar-refractivity contribution in [1.29, 1.82) is 0 Å². The van der Waals surface area contributed by atoms with Crippen molar-refractivity contribution in [3.63, 3.8) is 0 Å². The van der Waals surface area contributed by atoms with Gasteiger partial charge in [0.2, 0.25) is 0 Å². The number of carbonyl (C=O) groups excluding carboxylic acids is 1. The summed E-state index contributed by atoms with van der Waals surface area (Å²) in [5.74, 6) is 0. The Hall–Kier alpha value is -2.01. The standard InChI is InChI=1S/C15H19N3OS/c1-10-4-9-14(20-10)11(2)17-12-5-7-13(8-6-12)18-15(19)16-3/h4-9,11,17H,1-3H3,(H2,16,18,19). The second kappa shape index (κ2) is 6.43. The summed E-state index contributed by atoms with van der Waals surface area (Å²) in [5, 5.41) is 8.70. The van der Waals surface area contributed by atoms with Gasteiger partial charge in [-0.1, -0.05) is 0 Å². The van der Waals surface area contributed by atoms with Gasteiger partial charge in [-0.3, -0.25) is 0 Å². The Bertz CT molecular complexity index is 577. The zero-order valence-corrected chi connectivity index (χ0v) is 12.7. The maximum absolute atomic E-state index is 11.2. The molecule has 106 valence electrons. The van der Waals surface area contributed by atoms with E-state index in [4.69, 9.17) is 0 Å². The third-order valence-corrected chi connectivity index (χ3v) is 4.12. The van der Waals surface area contributed by atoms with E-state index in [2.05, 4.69) is 41.9 Å². The summed E-state index contributed by atoms with van der Waals surface area (Å²) in [4.78, 5) is 13.8. The minimum absolute atomic E-state index is 0.215. The summed E-state index contributed by atoms with van der Waals surface area (Å²) in [7, 11) is 1.59. The molecule has 0 saturated heterocycles. The van der Waals surface area contributed by atoms with Crippen LogP contribution in [0, 0.1) is 6.92 Å². The Morgan fingerprint density at radius 2 is 1.75 bits per heavy atom. The highest BCUT2D eigenvalue weighted by atomic mass is 32.1. The van der Waals surface area contributed by atoms with E-state index in [1.54, 1.807) is 18.4 Å². The summed E-state index contributed by atoms with van der Waals surface area (Å²) in [6.45, 7) is 4.25. The van der Waals surface area contributed by atoms with Crippen LogP contribution in [0.15, 0.2) is 36.4 Å². The van der Waals surface area contributed by atoms with Crippen LogP contribution in [0.1, 0.15) is 22.7 Å². The Kier molecular flexibility index (Phi) is 4.63. The fourth-order valence-electron chi connectivity index (χ4n) is 1.85. The van der Waals surface area contributed by atoms with Crippen LogP contribution in [0.2, 0.25) is 0 Å². The minimum Gasteiger partial charge on any atom is -0.378 e. The molecule has 1 aromatic carbocycles. The molecule has 0 aliphatic heterocycles. The Morgan fingerprint density at radius 3 is 2.30 bits per heavy atom. The van der Waals surface area contributed by atoms with Crippen molar-refractivity contribution in [2.75, 3.05) is 17.7 Å². The van der Waals surface area contributed by atoms with Gasteiger partial charge in [0, 0.05) is 28.2 Å². The van der Waals surface area contributed by atoms with Gasteiger partial charge in [0.1, 0.15) is 0 Å². The van der Waals surface area contributed by atoms with Crippen molar-refractivity contribution in [2.45, 2.75) is 19.9 Å². The molecule has 1 unspecified atom stereocenters. The van der Waals surface area contributed by atoms with Crippen molar-refractivity contribution < 1.29 is 4.79 Å². The van der Waals surface area contributed by atoms with Gasteiger partial charge in [-0.15, -0.1) is 11.3 Å². The summed E-state index contributed by atoms with van der Waals surface area (Å²) >= 11 is 1.80. The second-order valence-electron chi connectivity index (χ2n) is 4.60. The molecule has 0 fully saturated rings. The summed E-state index contributed by atoms with van der Waals surface area (Å²) < 4.78 is 0. The number of hydrogen-bond donors (Lipinski definition) is 3. The number of anilines is 2. The van der Waals surface area contributed by atoms with Crippen molar-refractivity contribution in [2.24, 2.45) is 0 Å². The summed E-state index contributed by atoms with van der Waals surface area (Å²) in [6, 6.07) is 12.0. The maximum Gasteiger partial charge on any atom is 0.318 e. The van der Waals surface area contributed by atoms with E-state index in [0.29, 0.717) is 0 Å². The molecule has 1 atom stereocenters. The predicted octanol–water partition coefficient (Wildman–Crippen LogP) is 3.98. The lowest BCUT2D eigenvalue weighted by atomic mass is 10.2. The van der Waals surface area contributed by atoms with Gasteiger partial charge in [-0.25, -0.2) is 4.79 Å². The highest BCUT2D eigenvalue weighted by Gasteiger charge is 2.07. The number of thiophene rings is 1. The lowest BCUT2D eigenvalue weighted by Crippen LogP contribution is -2.24. The van der Waals surface area contributed by atoms with Crippen LogP contribution in [-0.2, 0) is 0 Å². The first-order valence-corrected chi connectivity index (χ1v) is 7.32. The third-order valence-electron chi connectivity index (χ3n) is 2.94. The molecule has 2 aromatic rings. The first kappa shape index (κ1) is 14.4. The molecule has 0 aliphatic rings. The average Bonchev–Trinajstić information content (AvgIpc) is 2.87. The smallest absolute Gasteiger partial charge is 0.318 e. The fourth-order valence-corrected chi connectivity index (χ4v) is 2.73. The molecule has 1 heterocycles. The molecule has 1 aromatic heterocycles. The second-order valence-corrected chi connectivity index (χ2v) is 5.92. The normalized spacial score (nSPS) is 11.8. The van der Waals surface area contributed by atoms with E-state index < -0.39 is 0 Å². The van der Waals surface area contributed by atoms with Gasteiger partial charge in [0.05, 0.1) is 6.04 Å². The lowest BCUT2D eigenvalue weighted by molar-refractivity contribution is 0.254. The van der Waals surface area contributed by atoms with Crippen molar-refractivity contribution >= 4 is 28.7 Å². The Morgan fingerprint density at radius 1 is 1.10 bits per heavy atom. The predicted molar refractivity (Wildman–Crippen MR) is 85.6 cm³/mol. The van der Waals surface area contributed by atoms with Gasteiger partial charge in [-0.2, -0.15) is 0 Å². The molecule has 0 spiro atoms. The van der Waals surface area contributed by atoms with Crippen LogP contribution in [0.25, 0.3) is 0 Å². The van der Waals surface area contributed by atoms with Gasteiger partial charge >= 0.3 is 6.03 Å². The van der Waals surface area contributed by atoms with Crippen molar-refractivity contribution in [1.82, 2.24) is 5.32 Å². The zero-order chi connectivity index (χ0) is 14.5. The number of rotatable bonds is 4. The third kappa shape index (κ3) is 3.74. The molecule has 0 radical (unpaired) electrons. The number of aryl methyl sites for hydroxylation is 1. The van der Waals surface area contributed by atoms with Crippen LogP contribution in [0.3, 0.4) is 0 Å². The molecule has 0 bridgehead atoms. The first-order chi connectivity index (χ1) is 9.58. The SMILES string of the molecule is CNC(=O)Nc1ccc(NC(C)c2ccc(C)s2)cc1. The van der Waals surface area contributed by atoms with Crippen LogP contribution in [0.5, 0.6) is 0 Å². The molecule has 0 saturated carbocycles. The molecule has 2 rings (SSSR count). The number of carbonyl (C=O) groups is 1. The first-order valence-electron chi connectivity index (χ1n) is 6.50. The van der Waals surface area contributed by atoms with E-state index in [1.807, 2.05) is 24.3 Å². The molecule has 20 heavy (non-hydrogen) atoms. The largest absolute Gasteiger partial charge is 0.378 e. The summed E-state index contributed by atoms with van der Waals surface area (Å²) in [5.41, 5.74) is 1.81. The number of benzene rings is 1. The number of amides is 2. The van der Waals surface area contributed by atoms with Crippen molar-refractivity contribution in [3.05, 3.63) is 46.2 Å². The van der Waals surface area contributed by atoms with Crippen molar-refractivity contribution in [3.8, 4) is 0 Å². The molecule has 3 N–H and O–H groups in total. The minimum atomic E-state index is -0.215. The van der Waals surface area contributed by atoms with Crippen LogP contribution < -0.4 is 16.0 Å². The van der Waals surface area contributed by atoms with E-state index >= 15 is 0 Å². The quantitative estimate of drug-likeness (QED) is 0.797. The van der Waals surface area contributed by atoms with E-state index in [9.17, 15) is 4.79 Å². The monoisotopic (exact) mass is 289 g/mol. The van der Waals surface area contributed by atoms with E-state index in [-0.39, 0.29) is 12.1 Å². The van der Waals surface area contributed by atoms with Crippen LogP contribution in [-0.4, -0.2) is 13.1 Å². The Labute approximate surface area is 123 Å².